The van der Waals surface area contributed by atoms with Crippen molar-refractivity contribution in [2.24, 2.45) is 5.73 Å². The number of H-pyrrole nitrogens is 1. The predicted octanol–water partition coefficient (Wildman–Crippen LogP) is -0.421. The van der Waals surface area contributed by atoms with Gasteiger partial charge in [-0.25, -0.2) is 0 Å². The molecule has 1 rings (SSSR count). The van der Waals surface area contributed by atoms with Crippen LogP contribution in [0.15, 0.2) is 23.1 Å². The Bertz CT molecular complexity index is 406. The lowest BCUT2D eigenvalue weighted by atomic mass is 10.2. The zero-order valence-corrected chi connectivity index (χ0v) is 6.65. The molecule has 4 N–H and O–H groups in total. The minimum absolute atomic E-state index is 0.397. The molecule has 0 aromatic carbocycles. The summed E-state index contributed by atoms with van der Waals surface area (Å²) in [4.78, 5) is 23.3. The molecule has 0 unspecified atom stereocenters. The van der Waals surface area contributed by atoms with Crippen LogP contribution in [0.3, 0.4) is 0 Å². The zero-order valence-electron chi connectivity index (χ0n) is 6.65. The normalized spacial score (nSPS) is 10.5. The third-order valence-electron chi connectivity index (χ3n) is 1.35. The topological polar surface area (TPSA) is 96.2 Å². The molecule has 0 aliphatic heterocycles. The highest BCUT2D eigenvalue weighted by molar-refractivity contribution is 5.90. The molecule has 5 nitrogen and oxygen atoms in total. The largest absolute Gasteiger partial charge is 0.503 e. The SMILES string of the molecule is NC(=O)C=Cc1c[nH]c(=O)c(O)c1. The van der Waals surface area contributed by atoms with Gasteiger partial charge in [0, 0.05) is 12.3 Å². The van der Waals surface area contributed by atoms with Gasteiger partial charge in [0.1, 0.15) is 0 Å². The van der Waals surface area contributed by atoms with Crippen molar-refractivity contribution in [1.82, 2.24) is 4.98 Å². The van der Waals surface area contributed by atoms with Crippen molar-refractivity contribution in [2.75, 3.05) is 0 Å². The third-order valence-corrected chi connectivity index (χ3v) is 1.35. The van der Waals surface area contributed by atoms with E-state index in [0.717, 1.165) is 6.08 Å². The average molecular weight is 180 g/mol. The van der Waals surface area contributed by atoms with Crippen LogP contribution in [0.4, 0.5) is 0 Å². The number of carbonyl (C=O) groups excluding carboxylic acids is 1. The van der Waals surface area contributed by atoms with Crippen molar-refractivity contribution in [3.05, 3.63) is 34.3 Å². The molecular formula is C8H8N2O3. The van der Waals surface area contributed by atoms with Gasteiger partial charge in [-0.1, -0.05) is 0 Å². The number of hydrogen-bond donors (Lipinski definition) is 3. The fraction of sp³-hybridized carbons (Fsp3) is 0. The first kappa shape index (κ1) is 9.05. The van der Waals surface area contributed by atoms with E-state index in [1.54, 1.807) is 0 Å². The Morgan fingerprint density at radius 2 is 2.31 bits per heavy atom. The zero-order chi connectivity index (χ0) is 9.84. The van der Waals surface area contributed by atoms with Gasteiger partial charge in [0.2, 0.25) is 5.91 Å². The van der Waals surface area contributed by atoms with E-state index in [2.05, 4.69) is 4.98 Å². The summed E-state index contributed by atoms with van der Waals surface area (Å²) >= 11 is 0. The standard InChI is InChI=1S/C8H8N2O3/c9-7(12)2-1-5-3-6(11)8(13)10-4-5/h1-4,11H,(H2,9,12)(H,10,13). The van der Waals surface area contributed by atoms with Gasteiger partial charge in [-0.05, 0) is 17.7 Å². The van der Waals surface area contributed by atoms with Gasteiger partial charge in [0.05, 0.1) is 0 Å². The molecule has 0 fully saturated rings. The number of nitrogens with two attached hydrogens (primary N) is 1. The van der Waals surface area contributed by atoms with Crippen molar-refractivity contribution < 1.29 is 9.90 Å². The van der Waals surface area contributed by atoms with Crippen molar-refractivity contribution in [3.63, 3.8) is 0 Å². The second kappa shape index (κ2) is 3.57. The van der Waals surface area contributed by atoms with Crippen LogP contribution in [0.2, 0.25) is 0 Å². The molecule has 0 spiro atoms. The number of aromatic amines is 1. The Morgan fingerprint density at radius 3 is 2.85 bits per heavy atom. The lowest BCUT2D eigenvalue weighted by Crippen LogP contribution is -2.06. The number of pyridine rings is 1. The van der Waals surface area contributed by atoms with Gasteiger partial charge < -0.3 is 15.8 Å². The van der Waals surface area contributed by atoms with Crippen LogP contribution in [-0.4, -0.2) is 16.0 Å². The van der Waals surface area contributed by atoms with Crippen LogP contribution >= 0.6 is 0 Å². The molecule has 0 radical (unpaired) electrons. The van der Waals surface area contributed by atoms with E-state index in [9.17, 15) is 9.59 Å². The number of aromatic nitrogens is 1. The maximum Gasteiger partial charge on any atom is 0.290 e. The van der Waals surface area contributed by atoms with Crippen molar-refractivity contribution in [3.8, 4) is 5.75 Å². The molecule has 13 heavy (non-hydrogen) atoms. The lowest BCUT2D eigenvalue weighted by molar-refractivity contribution is -0.113. The van der Waals surface area contributed by atoms with Gasteiger partial charge in [0.15, 0.2) is 5.75 Å². The molecule has 0 atom stereocenters. The fourth-order valence-electron chi connectivity index (χ4n) is 0.762. The minimum Gasteiger partial charge on any atom is -0.503 e. The molecule has 1 heterocycles. The first-order chi connectivity index (χ1) is 6.09. The molecule has 1 aromatic heterocycles. The van der Waals surface area contributed by atoms with Gasteiger partial charge in [-0.15, -0.1) is 0 Å². The first-order valence-corrected chi connectivity index (χ1v) is 3.49. The van der Waals surface area contributed by atoms with Crippen molar-refractivity contribution in [2.45, 2.75) is 0 Å². The van der Waals surface area contributed by atoms with E-state index in [-0.39, 0.29) is 0 Å². The Morgan fingerprint density at radius 1 is 1.62 bits per heavy atom. The summed E-state index contributed by atoms with van der Waals surface area (Å²) in [6.07, 6.45) is 3.88. The van der Waals surface area contributed by atoms with E-state index in [1.807, 2.05) is 0 Å². The summed E-state index contributed by atoms with van der Waals surface area (Å²) in [6.45, 7) is 0. The van der Waals surface area contributed by atoms with Gasteiger partial charge in [-0.3, -0.25) is 9.59 Å². The summed E-state index contributed by atoms with van der Waals surface area (Å²) in [6, 6.07) is 1.23. The summed E-state index contributed by atoms with van der Waals surface area (Å²) in [7, 11) is 0. The van der Waals surface area contributed by atoms with Crippen molar-refractivity contribution in [1.29, 1.82) is 0 Å². The van der Waals surface area contributed by atoms with E-state index < -0.39 is 17.2 Å². The van der Waals surface area contributed by atoms with E-state index in [1.165, 1.54) is 18.3 Å². The maximum atomic E-state index is 10.7. The number of rotatable bonds is 2. The second-order valence-corrected chi connectivity index (χ2v) is 2.38. The Hall–Kier alpha value is -2.04. The highest BCUT2D eigenvalue weighted by atomic mass is 16.3. The van der Waals surface area contributed by atoms with Crippen LogP contribution in [-0.2, 0) is 4.79 Å². The molecule has 0 aliphatic carbocycles. The fourth-order valence-corrected chi connectivity index (χ4v) is 0.762. The van der Waals surface area contributed by atoms with E-state index >= 15 is 0 Å². The van der Waals surface area contributed by atoms with Gasteiger partial charge in [0.25, 0.3) is 5.56 Å². The molecule has 1 aromatic rings. The Kier molecular flexibility index (Phi) is 2.49. The summed E-state index contributed by atoms with van der Waals surface area (Å²) in [5.41, 5.74) is 4.77. The van der Waals surface area contributed by atoms with Crippen LogP contribution < -0.4 is 11.3 Å². The molecular weight excluding hydrogens is 172 g/mol. The highest BCUT2D eigenvalue weighted by Gasteiger charge is 1.95. The Balaban J connectivity index is 2.98. The second-order valence-electron chi connectivity index (χ2n) is 2.38. The lowest BCUT2D eigenvalue weighted by Gasteiger charge is -1.92. The summed E-state index contributed by atoms with van der Waals surface area (Å²) < 4.78 is 0. The third kappa shape index (κ3) is 2.48. The number of hydrogen-bond acceptors (Lipinski definition) is 3. The summed E-state index contributed by atoms with van der Waals surface area (Å²) in [5, 5.41) is 8.97. The van der Waals surface area contributed by atoms with Gasteiger partial charge in [-0.2, -0.15) is 0 Å². The van der Waals surface area contributed by atoms with E-state index in [4.69, 9.17) is 10.8 Å². The smallest absolute Gasteiger partial charge is 0.290 e. The highest BCUT2D eigenvalue weighted by Crippen LogP contribution is 2.04. The van der Waals surface area contributed by atoms with Crippen LogP contribution in [0, 0.1) is 0 Å². The maximum absolute atomic E-state index is 10.7. The summed E-state index contributed by atoms with van der Waals surface area (Å²) in [5.74, 6) is -0.989. The average Bonchev–Trinajstić information content (AvgIpc) is 2.07. The van der Waals surface area contributed by atoms with Crippen LogP contribution in [0.5, 0.6) is 5.75 Å². The molecule has 5 heteroatoms. The number of primary amides is 1. The molecule has 0 bridgehead atoms. The van der Waals surface area contributed by atoms with E-state index in [0.29, 0.717) is 5.56 Å². The first-order valence-electron chi connectivity index (χ1n) is 3.49. The molecule has 0 aliphatic rings. The quantitative estimate of drug-likeness (QED) is 0.539. The molecule has 1 amide bonds. The minimum atomic E-state index is -0.592. The molecule has 68 valence electrons. The Labute approximate surface area is 73.5 Å². The number of carbonyl (C=O) groups is 1. The number of aromatic hydroxyl groups is 1. The van der Waals surface area contributed by atoms with Gasteiger partial charge >= 0.3 is 0 Å². The molecule has 0 saturated carbocycles. The van der Waals surface area contributed by atoms with Crippen molar-refractivity contribution >= 4 is 12.0 Å². The molecule has 0 saturated heterocycles. The number of nitrogens with one attached hydrogen (secondary N) is 1. The predicted molar refractivity (Wildman–Crippen MR) is 47.0 cm³/mol. The van der Waals surface area contributed by atoms with Crippen LogP contribution in [0.25, 0.3) is 6.08 Å². The number of amides is 1. The monoisotopic (exact) mass is 180 g/mol. The van der Waals surface area contributed by atoms with Crippen LogP contribution in [0.1, 0.15) is 5.56 Å².